The van der Waals surface area contributed by atoms with Crippen LogP contribution in [-0.4, -0.2) is 93.9 Å². The smallest absolute Gasteiger partial charge is 0.466 e. The molecule has 0 aromatic heterocycles. The van der Waals surface area contributed by atoms with Crippen molar-refractivity contribution in [3.63, 3.8) is 0 Å². The zero-order chi connectivity index (χ0) is 24.9. The van der Waals surface area contributed by atoms with Crippen molar-refractivity contribution in [3.05, 3.63) is 24.3 Å². The minimum atomic E-state index is -4.64. The fourth-order valence-electron chi connectivity index (χ4n) is 5.00. The molecule has 4 rings (SSSR count). The van der Waals surface area contributed by atoms with Crippen molar-refractivity contribution in [2.45, 2.75) is 31.8 Å². The number of phosphoric acid groups is 1. The molecule has 2 heterocycles. The van der Waals surface area contributed by atoms with Gasteiger partial charge in [-0.05, 0) is 44.4 Å². The second-order valence-corrected chi connectivity index (χ2v) is 9.90. The van der Waals surface area contributed by atoms with Crippen molar-refractivity contribution in [3.8, 4) is 5.75 Å². The number of aliphatic hydroxyl groups is 1. The molecule has 0 bridgehead atoms. The topological polar surface area (TPSA) is 151 Å². The van der Waals surface area contributed by atoms with Gasteiger partial charge in [0.2, 0.25) is 11.8 Å². The Labute approximate surface area is 199 Å². The molecule has 12 heteroatoms. The van der Waals surface area contributed by atoms with Gasteiger partial charge in [-0.2, -0.15) is 0 Å². The quantitative estimate of drug-likeness (QED) is 0.320. The third kappa shape index (κ3) is 7.00. The molecule has 0 radical (unpaired) electrons. The monoisotopic (exact) mass is 499 g/mol. The van der Waals surface area contributed by atoms with Crippen molar-refractivity contribution in [1.29, 1.82) is 0 Å². The molecule has 1 aromatic carbocycles. The number of nitrogens with zero attached hydrogens (tertiary/aromatic N) is 3. The third-order valence-corrected chi connectivity index (χ3v) is 6.64. The number of fused-ring (bicyclic) bond motifs is 1. The number of ether oxygens (including phenoxy) is 1. The van der Waals surface area contributed by atoms with Crippen LogP contribution in [0.25, 0.3) is 0 Å². The van der Waals surface area contributed by atoms with E-state index in [2.05, 4.69) is 15.9 Å². The number of para-hydroxylation sites is 2. The highest BCUT2D eigenvalue weighted by Crippen LogP contribution is 2.38. The standard InChI is InChI=1S/C22H31N3O4.H3O4P/c1-29-20-6-3-2-5-19(20)24-13-11-23(12-14-24)9-4-10-25-21(27)17-8-7-16(26)15-18(17)22(25)28;1-5(2,3)4/h2-3,5-6,16-18,26H,4,7-15H2,1H3;(H3,1,2,3,4). The van der Waals surface area contributed by atoms with Crippen LogP contribution >= 0.6 is 7.82 Å². The normalized spacial score (nSPS) is 25.6. The van der Waals surface area contributed by atoms with E-state index in [1.165, 1.54) is 4.90 Å². The van der Waals surface area contributed by atoms with Gasteiger partial charge in [0.25, 0.3) is 0 Å². The summed E-state index contributed by atoms with van der Waals surface area (Å²) in [4.78, 5) is 53.0. The van der Waals surface area contributed by atoms with Crippen LogP contribution in [0.1, 0.15) is 25.7 Å². The van der Waals surface area contributed by atoms with Gasteiger partial charge in [0.1, 0.15) is 5.75 Å². The number of aliphatic hydroxyl groups excluding tert-OH is 1. The van der Waals surface area contributed by atoms with Gasteiger partial charge in [-0.25, -0.2) is 4.57 Å². The molecule has 3 fully saturated rings. The number of hydrogen-bond acceptors (Lipinski definition) is 7. The number of imide groups is 1. The Bertz CT molecular complexity index is 894. The van der Waals surface area contributed by atoms with Crippen molar-refractivity contribution in [1.82, 2.24) is 9.80 Å². The van der Waals surface area contributed by atoms with Gasteiger partial charge in [0.05, 0.1) is 30.7 Å². The predicted molar refractivity (Wildman–Crippen MR) is 124 cm³/mol. The third-order valence-electron chi connectivity index (χ3n) is 6.64. The van der Waals surface area contributed by atoms with Crippen LogP contribution in [0.3, 0.4) is 0 Å². The molecule has 2 aliphatic heterocycles. The zero-order valence-electron chi connectivity index (χ0n) is 19.3. The Morgan fingerprint density at radius 1 is 0.971 bits per heavy atom. The van der Waals surface area contributed by atoms with Crippen LogP contribution in [0.2, 0.25) is 0 Å². The maximum absolute atomic E-state index is 12.6. The summed E-state index contributed by atoms with van der Waals surface area (Å²) < 4.78 is 14.4. The van der Waals surface area contributed by atoms with Crippen LogP contribution in [0.15, 0.2) is 24.3 Å². The summed E-state index contributed by atoms with van der Waals surface area (Å²) in [6, 6.07) is 8.10. The number of hydrogen-bond donors (Lipinski definition) is 4. The number of carbonyl (C=O) groups excluding carboxylic acids is 2. The van der Waals surface area contributed by atoms with E-state index in [1.807, 2.05) is 18.2 Å². The molecule has 1 saturated carbocycles. The first-order valence-corrected chi connectivity index (χ1v) is 13.1. The van der Waals surface area contributed by atoms with E-state index in [0.29, 0.717) is 25.8 Å². The van der Waals surface area contributed by atoms with Gasteiger partial charge in [-0.1, -0.05) is 12.1 Å². The number of methoxy groups -OCH3 is 1. The summed E-state index contributed by atoms with van der Waals surface area (Å²) in [5, 5.41) is 9.83. The van der Waals surface area contributed by atoms with Crippen molar-refractivity contribution < 1.29 is 38.7 Å². The van der Waals surface area contributed by atoms with E-state index in [1.54, 1.807) is 7.11 Å². The fraction of sp³-hybridized carbons (Fsp3) is 0.636. The Kier molecular flexibility index (Phi) is 9.08. The van der Waals surface area contributed by atoms with Gasteiger partial charge >= 0.3 is 7.82 Å². The first kappa shape index (κ1) is 26.6. The molecule has 1 aromatic rings. The SMILES string of the molecule is COc1ccccc1N1CCN(CCCN2C(=O)C3CCC(O)CC3C2=O)CC1.O=P(O)(O)O. The van der Waals surface area contributed by atoms with E-state index in [0.717, 1.165) is 50.6 Å². The highest BCUT2D eigenvalue weighted by Gasteiger charge is 2.49. The van der Waals surface area contributed by atoms with Crippen molar-refractivity contribution in [2.75, 3.05) is 51.3 Å². The molecule has 11 nitrogen and oxygen atoms in total. The Balaban J connectivity index is 0.000000588. The summed E-state index contributed by atoms with van der Waals surface area (Å²) in [7, 11) is -2.94. The van der Waals surface area contributed by atoms with E-state index in [4.69, 9.17) is 24.0 Å². The van der Waals surface area contributed by atoms with Gasteiger partial charge in [-0.15, -0.1) is 0 Å². The van der Waals surface area contributed by atoms with Crippen LogP contribution < -0.4 is 9.64 Å². The van der Waals surface area contributed by atoms with Gasteiger partial charge < -0.3 is 29.4 Å². The highest BCUT2D eigenvalue weighted by atomic mass is 31.2. The summed E-state index contributed by atoms with van der Waals surface area (Å²) >= 11 is 0. The summed E-state index contributed by atoms with van der Waals surface area (Å²) in [5.41, 5.74) is 1.13. The number of piperazine rings is 1. The fourth-order valence-corrected chi connectivity index (χ4v) is 5.00. The number of carbonyl (C=O) groups is 2. The predicted octanol–water partition coefficient (Wildman–Crippen LogP) is 0.425. The van der Waals surface area contributed by atoms with E-state index in [9.17, 15) is 14.7 Å². The average Bonchev–Trinajstić information content (AvgIpc) is 3.02. The Hall–Kier alpha value is -2.01. The molecule has 3 unspecified atom stereocenters. The molecular formula is C22H34N3O8P. The van der Waals surface area contributed by atoms with E-state index in [-0.39, 0.29) is 23.7 Å². The highest BCUT2D eigenvalue weighted by molar-refractivity contribution is 7.45. The number of amides is 2. The Morgan fingerprint density at radius 2 is 1.59 bits per heavy atom. The zero-order valence-corrected chi connectivity index (χ0v) is 20.2. The summed E-state index contributed by atoms with van der Waals surface area (Å²) in [6.45, 7) is 5.16. The molecule has 0 spiro atoms. The lowest BCUT2D eigenvalue weighted by Crippen LogP contribution is -2.47. The molecule has 3 atom stereocenters. The molecule has 2 amide bonds. The first-order valence-electron chi connectivity index (χ1n) is 11.5. The number of benzene rings is 1. The number of likely N-dealkylation sites (tertiary alicyclic amines) is 1. The number of anilines is 1. The van der Waals surface area contributed by atoms with E-state index >= 15 is 0 Å². The van der Waals surface area contributed by atoms with Crippen molar-refractivity contribution in [2.24, 2.45) is 11.8 Å². The lowest BCUT2D eigenvalue weighted by Gasteiger charge is -2.36. The molecule has 4 N–H and O–H groups in total. The van der Waals surface area contributed by atoms with Crippen molar-refractivity contribution >= 4 is 25.3 Å². The molecule has 1 aliphatic carbocycles. The minimum Gasteiger partial charge on any atom is -0.495 e. The second kappa shape index (κ2) is 11.6. The van der Waals surface area contributed by atoms with Gasteiger partial charge in [-0.3, -0.25) is 19.4 Å². The van der Waals surface area contributed by atoms with Crippen LogP contribution in [0.5, 0.6) is 5.75 Å². The summed E-state index contributed by atoms with van der Waals surface area (Å²) in [6.07, 6.45) is 2.07. The molecule has 3 aliphatic rings. The Morgan fingerprint density at radius 3 is 2.24 bits per heavy atom. The van der Waals surface area contributed by atoms with Gasteiger partial charge in [0.15, 0.2) is 0 Å². The van der Waals surface area contributed by atoms with Crippen LogP contribution in [0.4, 0.5) is 5.69 Å². The molecule has 190 valence electrons. The summed E-state index contributed by atoms with van der Waals surface area (Å²) in [5.74, 6) is 0.317. The second-order valence-electron chi connectivity index (χ2n) is 8.88. The maximum atomic E-state index is 12.6. The minimum absolute atomic E-state index is 0.0205. The van der Waals surface area contributed by atoms with Gasteiger partial charge in [0, 0.05) is 32.7 Å². The molecule has 34 heavy (non-hydrogen) atoms. The maximum Gasteiger partial charge on any atom is 0.466 e. The van der Waals surface area contributed by atoms with Crippen LogP contribution in [-0.2, 0) is 14.2 Å². The van der Waals surface area contributed by atoms with Crippen LogP contribution in [0, 0.1) is 11.8 Å². The lowest BCUT2D eigenvalue weighted by molar-refractivity contribution is -0.140. The lowest BCUT2D eigenvalue weighted by atomic mass is 9.80. The first-order chi connectivity index (χ1) is 16.1. The average molecular weight is 500 g/mol. The molecule has 2 saturated heterocycles. The molecular weight excluding hydrogens is 465 g/mol. The number of rotatable bonds is 6. The largest absolute Gasteiger partial charge is 0.495 e. The van der Waals surface area contributed by atoms with E-state index < -0.39 is 13.9 Å².